The lowest BCUT2D eigenvalue weighted by Crippen LogP contribution is -2.10. The van der Waals surface area contributed by atoms with Gasteiger partial charge in [-0.25, -0.2) is 9.48 Å². The molecule has 7 nitrogen and oxygen atoms in total. The van der Waals surface area contributed by atoms with Crippen molar-refractivity contribution in [3.05, 3.63) is 37.8 Å². The summed E-state index contributed by atoms with van der Waals surface area (Å²) in [6.45, 7) is 0.719. The van der Waals surface area contributed by atoms with Crippen molar-refractivity contribution in [2.75, 3.05) is 6.61 Å². The number of aromatic nitrogens is 2. The van der Waals surface area contributed by atoms with Gasteiger partial charge in [-0.1, -0.05) is 64.9 Å². The van der Waals surface area contributed by atoms with Crippen LogP contribution in [0.3, 0.4) is 0 Å². The lowest BCUT2D eigenvalue weighted by molar-refractivity contribution is -0.130. The van der Waals surface area contributed by atoms with Crippen LogP contribution in [-0.4, -0.2) is 34.9 Å². The minimum atomic E-state index is -3.10. The molecule has 1 aromatic carbocycles. The fraction of sp³-hybridized carbons (Fsp3) is 0.350. The fourth-order valence-corrected chi connectivity index (χ4v) is 3.46. The Labute approximate surface area is 208 Å². The molecule has 0 amide bonds. The molecule has 0 aliphatic heterocycles. The number of oxime groups is 1. The van der Waals surface area contributed by atoms with Crippen molar-refractivity contribution in [2.45, 2.75) is 33.3 Å². The van der Waals surface area contributed by atoms with Crippen molar-refractivity contribution in [2.24, 2.45) is 12.2 Å². The van der Waals surface area contributed by atoms with Gasteiger partial charge in [0, 0.05) is 24.6 Å². The summed E-state index contributed by atoms with van der Waals surface area (Å²) in [5.41, 5.74) is 0.582. The number of alkyl halides is 2. The van der Waals surface area contributed by atoms with E-state index >= 15 is 0 Å². The Kier molecular flexibility index (Phi) is 10.2. The van der Waals surface area contributed by atoms with Crippen molar-refractivity contribution >= 4 is 64.3 Å². The zero-order valence-corrected chi connectivity index (χ0v) is 20.7. The Morgan fingerprint density at radius 2 is 1.97 bits per heavy atom. The normalized spacial score (nSPS) is 12.3. The van der Waals surface area contributed by atoms with E-state index in [0.29, 0.717) is 6.61 Å². The molecule has 33 heavy (non-hydrogen) atoms. The first-order valence-electron chi connectivity index (χ1n) is 9.47. The highest BCUT2D eigenvalue weighted by atomic mass is 35.5. The molecule has 0 unspecified atom stereocenters. The molecule has 0 saturated carbocycles. The average molecular weight is 545 g/mol. The van der Waals surface area contributed by atoms with Crippen LogP contribution in [0, 0.1) is 0 Å². The maximum Gasteiger partial charge on any atom is 0.388 e. The van der Waals surface area contributed by atoms with E-state index in [0.717, 1.165) is 17.5 Å². The highest BCUT2D eigenvalue weighted by Crippen LogP contribution is 2.40. The number of rotatable bonds is 9. The smallest absolute Gasteiger partial charge is 0.388 e. The summed E-state index contributed by atoms with van der Waals surface area (Å²) in [6, 6.07) is 2.81. The molecular formula is C20H19Cl4F2N3O4. The number of hydrogen-bond acceptors (Lipinski definition) is 6. The molecule has 2 rings (SSSR count). The van der Waals surface area contributed by atoms with E-state index in [-0.39, 0.29) is 48.7 Å². The Bertz CT molecular complexity index is 1070. The van der Waals surface area contributed by atoms with Gasteiger partial charge in [-0.2, -0.15) is 13.9 Å². The van der Waals surface area contributed by atoms with Gasteiger partial charge in [0.2, 0.25) is 11.8 Å². The number of unbranched alkanes of at least 4 members (excludes halogenated alkanes) is 1. The summed E-state index contributed by atoms with van der Waals surface area (Å²) in [7, 11) is 1.38. The van der Waals surface area contributed by atoms with Crippen molar-refractivity contribution in [3.63, 3.8) is 0 Å². The van der Waals surface area contributed by atoms with E-state index in [1.807, 2.05) is 6.92 Å². The monoisotopic (exact) mass is 543 g/mol. The van der Waals surface area contributed by atoms with E-state index in [4.69, 9.17) is 56.0 Å². The lowest BCUT2D eigenvalue weighted by atomic mass is 10.1. The second-order valence-electron chi connectivity index (χ2n) is 6.50. The second kappa shape index (κ2) is 12.4. The quantitative estimate of drug-likeness (QED) is 0.0855. The third kappa shape index (κ3) is 7.46. The molecule has 0 fully saturated rings. The van der Waals surface area contributed by atoms with Gasteiger partial charge >= 0.3 is 12.6 Å². The van der Waals surface area contributed by atoms with Crippen molar-refractivity contribution in [3.8, 4) is 17.1 Å². The first-order valence-corrected chi connectivity index (χ1v) is 11.0. The zero-order valence-electron chi connectivity index (χ0n) is 17.7. The number of benzene rings is 1. The molecule has 1 heterocycles. The van der Waals surface area contributed by atoms with Gasteiger partial charge in [0.1, 0.15) is 22.4 Å². The summed E-state index contributed by atoms with van der Waals surface area (Å²) < 4.78 is 35.8. The Hall–Kier alpha value is -2.07. The lowest BCUT2D eigenvalue weighted by Gasteiger charge is -2.08. The van der Waals surface area contributed by atoms with E-state index in [2.05, 4.69) is 15.0 Å². The first-order chi connectivity index (χ1) is 15.5. The predicted molar refractivity (Wildman–Crippen MR) is 124 cm³/mol. The molecule has 0 spiro atoms. The topological polar surface area (TPSA) is 74.9 Å². The van der Waals surface area contributed by atoms with E-state index < -0.39 is 12.6 Å². The summed E-state index contributed by atoms with van der Waals surface area (Å²) in [6.07, 6.45) is 2.97. The average Bonchev–Trinajstić information content (AvgIpc) is 3.00. The minimum absolute atomic E-state index is 0.0302. The number of hydrogen-bond donors (Lipinski definition) is 0. The molecular weight excluding hydrogens is 526 g/mol. The van der Waals surface area contributed by atoms with Gasteiger partial charge in [0.25, 0.3) is 0 Å². The number of esters is 1. The molecule has 0 aliphatic rings. The molecule has 0 aliphatic carbocycles. The van der Waals surface area contributed by atoms with Crippen LogP contribution in [-0.2, 0) is 21.4 Å². The number of carbonyl (C=O) groups excluding carboxylic acids is 1. The van der Waals surface area contributed by atoms with Crippen molar-refractivity contribution in [1.82, 2.24) is 9.78 Å². The third-order valence-electron chi connectivity index (χ3n) is 3.98. The molecule has 13 heteroatoms. The van der Waals surface area contributed by atoms with Crippen LogP contribution in [0.15, 0.2) is 22.3 Å². The van der Waals surface area contributed by atoms with Gasteiger partial charge in [0.05, 0.1) is 5.02 Å². The van der Waals surface area contributed by atoms with Gasteiger partial charge in [0.15, 0.2) is 0 Å². The fourth-order valence-electron chi connectivity index (χ4n) is 2.47. The third-order valence-corrected chi connectivity index (χ3v) is 5.23. The van der Waals surface area contributed by atoms with Gasteiger partial charge < -0.3 is 14.3 Å². The van der Waals surface area contributed by atoms with Crippen LogP contribution in [0.2, 0.25) is 15.1 Å². The van der Waals surface area contributed by atoms with Gasteiger partial charge in [-0.15, -0.1) is 0 Å². The molecule has 0 atom stereocenters. The molecule has 1 aromatic heterocycles. The Balaban J connectivity index is 2.32. The van der Waals surface area contributed by atoms with Crippen LogP contribution in [0.5, 0.6) is 5.88 Å². The zero-order chi connectivity index (χ0) is 24.7. The van der Waals surface area contributed by atoms with Crippen molar-refractivity contribution < 1.29 is 27.9 Å². The predicted octanol–water partition coefficient (Wildman–Crippen LogP) is 6.92. The maximum atomic E-state index is 12.7. The highest BCUT2D eigenvalue weighted by molar-refractivity contribution is 6.44. The van der Waals surface area contributed by atoms with Gasteiger partial charge in [-0.05, 0) is 30.2 Å². The number of nitrogens with zero attached hydrogens (tertiary/aromatic N) is 3. The number of carbonyl (C=O) groups is 1. The second-order valence-corrected chi connectivity index (χ2v) is 8.10. The first kappa shape index (κ1) is 27.2. The molecule has 0 saturated heterocycles. The van der Waals surface area contributed by atoms with Crippen LogP contribution in [0.1, 0.15) is 32.3 Å². The molecule has 0 N–H and O–H groups in total. The number of ether oxygens (including phenoxy) is 2. The molecule has 2 aromatic rings. The Morgan fingerprint density at radius 1 is 1.27 bits per heavy atom. The summed E-state index contributed by atoms with van der Waals surface area (Å²) in [5.74, 6) is -1.27. The summed E-state index contributed by atoms with van der Waals surface area (Å²) >= 11 is 24.7. The molecule has 0 radical (unpaired) electrons. The maximum absolute atomic E-state index is 12.7. The number of aryl methyl sites for hydroxylation is 1. The minimum Gasteiger partial charge on any atom is -0.416 e. The van der Waals surface area contributed by atoms with Crippen LogP contribution < -0.4 is 4.74 Å². The van der Waals surface area contributed by atoms with Crippen molar-refractivity contribution in [1.29, 1.82) is 0 Å². The van der Waals surface area contributed by atoms with E-state index in [1.165, 1.54) is 32.2 Å². The highest BCUT2D eigenvalue weighted by Gasteiger charge is 2.23. The van der Waals surface area contributed by atoms with E-state index in [9.17, 15) is 13.6 Å². The summed E-state index contributed by atoms with van der Waals surface area (Å²) in [4.78, 5) is 17.2. The van der Waals surface area contributed by atoms with Gasteiger partial charge in [-0.3, -0.25) is 0 Å². The molecule has 0 bridgehead atoms. The standard InChI is InChI=1S/C20H19Cl4F2N3O4/c1-4-5-6-31-28-10(2)32-19(30)15(23)8-11-7-12(14(22)9-13(11)21)17-16(24)18(29(3)27-17)33-20(25)26/h7-9,20H,4-6H2,1-3H3/b15-8-,28-10+. The van der Waals surface area contributed by atoms with Crippen LogP contribution in [0.25, 0.3) is 17.3 Å². The van der Waals surface area contributed by atoms with Crippen LogP contribution in [0.4, 0.5) is 8.78 Å². The number of halogens is 6. The SMILES string of the molecule is CCCCO/N=C(\C)OC(=O)/C(Cl)=C/c1cc(-c2nn(C)c(OC(F)F)c2Cl)c(Cl)cc1Cl. The molecule has 180 valence electrons. The Morgan fingerprint density at radius 3 is 2.61 bits per heavy atom. The largest absolute Gasteiger partial charge is 0.416 e. The summed E-state index contributed by atoms with van der Waals surface area (Å²) in [5, 5.41) is 7.54. The van der Waals surface area contributed by atoms with Crippen LogP contribution >= 0.6 is 46.4 Å². The van der Waals surface area contributed by atoms with E-state index in [1.54, 1.807) is 0 Å².